The average Bonchev–Trinajstić information content (AvgIpc) is 3.38. The first-order valence-corrected chi connectivity index (χ1v) is 14.3. The maximum Gasteiger partial charge on any atom is 0.251 e. The first-order chi connectivity index (χ1) is 19.9. The molecule has 0 aliphatic heterocycles. The van der Waals surface area contributed by atoms with E-state index in [1.165, 1.54) is 0 Å². The van der Waals surface area contributed by atoms with Crippen LogP contribution in [0.3, 0.4) is 0 Å². The molecule has 1 amide bonds. The molecule has 0 saturated heterocycles. The largest absolute Gasteiger partial charge is 0.360 e. The highest BCUT2D eigenvalue weighted by molar-refractivity contribution is 5.96. The van der Waals surface area contributed by atoms with E-state index in [0.29, 0.717) is 18.1 Å². The first-order valence-electron chi connectivity index (χ1n) is 14.3. The molecule has 0 spiro atoms. The Hall–Kier alpha value is -4.30. The van der Waals surface area contributed by atoms with Crippen LogP contribution < -0.4 is 10.6 Å². The Kier molecular flexibility index (Phi) is 8.89. The minimum absolute atomic E-state index is 0.0248. The number of hydrogen-bond acceptors (Lipinski definition) is 6. The second-order valence-electron chi connectivity index (χ2n) is 11.2. The Morgan fingerprint density at radius 1 is 1.10 bits per heavy atom. The number of anilines is 1. The van der Waals surface area contributed by atoms with Crippen LogP contribution in [0.1, 0.15) is 47.2 Å². The number of nitrogens with zero attached hydrogens (tertiary/aromatic N) is 3. The van der Waals surface area contributed by atoms with Crippen LogP contribution >= 0.6 is 0 Å². The predicted octanol–water partition coefficient (Wildman–Crippen LogP) is 5.32. The number of fused-ring (bicyclic) bond motifs is 1. The molecule has 0 bridgehead atoms. The third-order valence-corrected chi connectivity index (χ3v) is 7.50. The highest BCUT2D eigenvalue weighted by Crippen LogP contribution is 2.30. The number of aryl methyl sites for hydroxylation is 1. The van der Waals surface area contributed by atoms with Crippen LogP contribution in [0.4, 0.5) is 5.95 Å². The van der Waals surface area contributed by atoms with E-state index in [1.54, 1.807) is 12.1 Å². The maximum atomic E-state index is 13.1. The van der Waals surface area contributed by atoms with E-state index in [1.807, 2.05) is 74.7 Å². The monoisotopic (exact) mass is 550 g/mol. The number of ketones is 1. The molecule has 41 heavy (non-hydrogen) atoms. The zero-order valence-corrected chi connectivity index (χ0v) is 24.0. The molecule has 1 aliphatic carbocycles. The maximum absolute atomic E-state index is 13.1. The van der Waals surface area contributed by atoms with E-state index in [-0.39, 0.29) is 30.2 Å². The molecule has 8 heteroatoms. The molecule has 2 aromatic carbocycles. The van der Waals surface area contributed by atoms with Gasteiger partial charge in [-0.2, -0.15) is 0 Å². The summed E-state index contributed by atoms with van der Waals surface area (Å²) in [6.07, 6.45) is 11.3. The van der Waals surface area contributed by atoms with Crippen molar-refractivity contribution in [2.75, 3.05) is 26.0 Å². The van der Waals surface area contributed by atoms with Crippen molar-refractivity contribution in [1.29, 1.82) is 0 Å². The van der Waals surface area contributed by atoms with E-state index in [2.05, 4.69) is 32.7 Å². The lowest BCUT2D eigenvalue weighted by atomic mass is 9.90. The Morgan fingerprint density at radius 3 is 2.78 bits per heavy atom. The van der Waals surface area contributed by atoms with E-state index in [0.717, 1.165) is 59.0 Å². The summed E-state index contributed by atoms with van der Waals surface area (Å²) in [5.74, 6) is 0.517. The van der Waals surface area contributed by atoms with Crippen LogP contribution in [-0.4, -0.2) is 64.3 Å². The van der Waals surface area contributed by atoms with Gasteiger partial charge in [0.25, 0.3) is 5.91 Å². The molecule has 1 fully saturated rings. The molecular formula is C33H38N6O2. The number of hydrogen-bond donors (Lipinski definition) is 3. The lowest BCUT2D eigenvalue weighted by Gasteiger charge is -2.30. The average molecular weight is 551 g/mol. The van der Waals surface area contributed by atoms with E-state index in [4.69, 9.17) is 4.98 Å². The van der Waals surface area contributed by atoms with Gasteiger partial charge in [0.05, 0.1) is 5.69 Å². The summed E-state index contributed by atoms with van der Waals surface area (Å²) in [5.41, 5.74) is 5.48. The number of rotatable bonds is 10. The number of benzene rings is 2. The van der Waals surface area contributed by atoms with Crippen molar-refractivity contribution in [3.8, 4) is 11.3 Å². The fourth-order valence-electron chi connectivity index (χ4n) is 5.43. The number of likely N-dealkylation sites (N-methyl/N-ethyl adjacent to an activating group) is 1. The lowest BCUT2D eigenvalue weighted by molar-refractivity contribution is -0.114. The summed E-state index contributed by atoms with van der Waals surface area (Å²) in [4.78, 5) is 40.2. The molecule has 2 unspecified atom stereocenters. The molecule has 3 N–H and O–H groups in total. The molecule has 0 radical (unpaired) electrons. The van der Waals surface area contributed by atoms with E-state index in [9.17, 15) is 9.59 Å². The predicted molar refractivity (Wildman–Crippen MR) is 164 cm³/mol. The summed E-state index contributed by atoms with van der Waals surface area (Å²) in [7, 11) is 3.92. The zero-order valence-electron chi connectivity index (χ0n) is 24.0. The second-order valence-corrected chi connectivity index (χ2v) is 11.2. The number of aromatic nitrogens is 3. The number of para-hydroxylation sites is 1. The first kappa shape index (κ1) is 28.2. The van der Waals surface area contributed by atoms with Crippen LogP contribution in [0.5, 0.6) is 0 Å². The normalized spacial score (nSPS) is 17.3. The Morgan fingerprint density at radius 2 is 1.93 bits per heavy atom. The number of amides is 1. The van der Waals surface area contributed by atoms with Crippen LogP contribution in [0.15, 0.2) is 73.1 Å². The number of allylic oxidation sites excluding steroid dienone is 1. The van der Waals surface area contributed by atoms with Gasteiger partial charge >= 0.3 is 0 Å². The van der Waals surface area contributed by atoms with Gasteiger partial charge in [-0.1, -0.05) is 36.4 Å². The molecule has 8 nitrogen and oxygen atoms in total. The molecule has 4 aromatic rings. The Labute approximate surface area is 241 Å². The molecule has 1 saturated carbocycles. The minimum Gasteiger partial charge on any atom is -0.360 e. The molecule has 2 atom stereocenters. The summed E-state index contributed by atoms with van der Waals surface area (Å²) < 4.78 is 0. The summed E-state index contributed by atoms with van der Waals surface area (Å²) in [5, 5.41) is 7.87. The van der Waals surface area contributed by atoms with Crippen LogP contribution in [0.2, 0.25) is 0 Å². The van der Waals surface area contributed by atoms with Crippen molar-refractivity contribution in [3.63, 3.8) is 0 Å². The lowest BCUT2D eigenvalue weighted by Crippen LogP contribution is -2.42. The van der Waals surface area contributed by atoms with Gasteiger partial charge in [-0.05, 0) is 82.1 Å². The van der Waals surface area contributed by atoms with E-state index >= 15 is 0 Å². The zero-order chi connectivity index (χ0) is 28.8. The molecule has 5 rings (SSSR count). The second kappa shape index (κ2) is 12.9. The van der Waals surface area contributed by atoms with Gasteiger partial charge in [0.1, 0.15) is 0 Å². The van der Waals surface area contributed by atoms with Gasteiger partial charge in [-0.25, -0.2) is 9.97 Å². The van der Waals surface area contributed by atoms with Crippen LogP contribution in [0.25, 0.3) is 22.2 Å². The van der Waals surface area contributed by atoms with Crippen molar-refractivity contribution < 1.29 is 9.59 Å². The van der Waals surface area contributed by atoms with Gasteiger partial charge in [0.2, 0.25) is 5.95 Å². The number of H-pyrrole nitrogens is 1. The van der Waals surface area contributed by atoms with Gasteiger partial charge < -0.3 is 20.5 Å². The van der Waals surface area contributed by atoms with Crippen molar-refractivity contribution in [2.24, 2.45) is 0 Å². The molecular weight excluding hydrogens is 512 g/mol. The smallest absolute Gasteiger partial charge is 0.251 e. The number of nitrogens with one attached hydrogen (secondary N) is 3. The summed E-state index contributed by atoms with van der Waals surface area (Å²) >= 11 is 0. The highest BCUT2D eigenvalue weighted by atomic mass is 16.1. The Balaban J connectivity index is 1.20. The SMILES string of the molecule is Cc1cnc(NC2CCCC(NC(=O)c3cccc(CC(=O)/C=C/CN(C)C)c3)C2)nc1-c1c[nH]c2ccccc12. The number of carbonyl (C=O) groups is 2. The van der Waals surface area contributed by atoms with Crippen LogP contribution in [0, 0.1) is 6.92 Å². The van der Waals surface area contributed by atoms with E-state index < -0.39 is 0 Å². The van der Waals surface area contributed by atoms with Crippen molar-refractivity contribution in [1.82, 2.24) is 25.2 Å². The molecule has 2 aromatic heterocycles. The summed E-state index contributed by atoms with van der Waals surface area (Å²) in [6, 6.07) is 15.8. The fourth-order valence-corrected chi connectivity index (χ4v) is 5.43. The van der Waals surface area contributed by atoms with Crippen molar-refractivity contribution in [2.45, 2.75) is 51.1 Å². The highest BCUT2D eigenvalue weighted by Gasteiger charge is 2.25. The van der Waals surface area contributed by atoms with Crippen molar-refractivity contribution in [3.05, 3.63) is 89.8 Å². The topological polar surface area (TPSA) is 103 Å². The Bertz CT molecular complexity index is 1560. The standard InChI is InChI=1S/C33H38N6O2/c1-22-20-35-33(38-31(22)29-21-34-30-15-5-4-14-28(29)30)37-26-12-7-11-25(19-26)36-32(41)24-10-6-9-23(17-24)18-27(40)13-8-16-39(2)3/h4-6,8-10,13-15,17,20-21,25-26,34H,7,11-12,16,18-19H2,1-3H3,(H,36,41)(H,35,37,38)/b13-8+. The van der Waals surface area contributed by atoms with Gasteiger partial charge in [-0.15, -0.1) is 0 Å². The quantitative estimate of drug-likeness (QED) is 0.231. The molecule has 212 valence electrons. The number of carbonyl (C=O) groups excluding carboxylic acids is 2. The fraction of sp³-hybridized carbons (Fsp3) is 0.333. The van der Waals surface area contributed by atoms with Gasteiger partial charge in [-0.3, -0.25) is 9.59 Å². The summed E-state index contributed by atoms with van der Waals surface area (Å²) in [6.45, 7) is 2.74. The third-order valence-electron chi connectivity index (χ3n) is 7.50. The van der Waals surface area contributed by atoms with Crippen LogP contribution in [-0.2, 0) is 11.2 Å². The van der Waals surface area contributed by atoms with Crippen molar-refractivity contribution >= 4 is 28.5 Å². The van der Waals surface area contributed by atoms with Gasteiger partial charge in [0, 0.05) is 59.5 Å². The third kappa shape index (κ3) is 7.27. The number of aromatic amines is 1. The minimum atomic E-state index is -0.110. The van der Waals surface area contributed by atoms with Gasteiger partial charge in [0.15, 0.2) is 5.78 Å². The molecule has 1 aliphatic rings. The molecule has 2 heterocycles.